The molecule has 0 fully saturated rings. The highest BCUT2D eigenvalue weighted by Gasteiger charge is 2.03. The Morgan fingerprint density at radius 3 is 2.67 bits per heavy atom. The minimum absolute atomic E-state index is 0. The number of benzene rings is 1. The zero-order chi connectivity index (χ0) is 11.7. The van der Waals surface area contributed by atoms with Crippen molar-refractivity contribution in [1.82, 2.24) is 5.32 Å². The summed E-state index contributed by atoms with van der Waals surface area (Å²) in [4.78, 5) is 11.3. The van der Waals surface area contributed by atoms with Gasteiger partial charge in [-0.15, -0.1) is 0 Å². The van der Waals surface area contributed by atoms with Crippen LogP contribution in [-0.2, 0) is 0 Å². The summed E-state index contributed by atoms with van der Waals surface area (Å²) in [5.74, 6) is 0.630. The third-order valence-corrected chi connectivity index (χ3v) is 1.67. The Labute approximate surface area is 92.9 Å². The highest BCUT2D eigenvalue weighted by atomic mass is 16.5. The molecule has 1 rings (SSSR count). The van der Waals surface area contributed by atoms with E-state index in [1.807, 2.05) is 26.8 Å². The van der Waals surface area contributed by atoms with Crippen LogP contribution in [0.3, 0.4) is 0 Å². The molecule has 0 unspecified atom stereocenters. The van der Waals surface area contributed by atoms with E-state index >= 15 is 0 Å². The topological polar surface area (TPSA) is 38.3 Å². The Morgan fingerprint density at radius 1 is 1.47 bits per heavy atom. The molecule has 0 saturated carbocycles. The quantitative estimate of drug-likeness (QED) is 0.834. The van der Waals surface area contributed by atoms with Gasteiger partial charge < -0.3 is 10.1 Å². The van der Waals surface area contributed by atoms with Gasteiger partial charge in [0.15, 0.2) is 0 Å². The molecule has 0 aliphatic rings. The number of hydrogen-bond donors (Lipinski definition) is 1. The molecule has 0 atom stereocenters. The summed E-state index contributed by atoms with van der Waals surface area (Å²) in [6.07, 6.45) is 0. The van der Waals surface area contributed by atoms with Crippen LogP contribution in [0, 0.1) is 0 Å². The molecule has 1 N–H and O–H groups in total. The van der Waals surface area contributed by atoms with Gasteiger partial charge in [0.05, 0.1) is 7.11 Å². The second-order valence-electron chi connectivity index (χ2n) is 2.59. The van der Waals surface area contributed by atoms with E-state index in [4.69, 9.17) is 4.74 Å². The lowest BCUT2D eigenvalue weighted by atomic mass is 10.2. The predicted molar refractivity (Wildman–Crippen MR) is 64.5 cm³/mol. The average Bonchev–Trinajstić information content (AvgIpc) is 2.32. The first-order valence-corrected chi connectivity index (χ1v) is 5.20. The molecule has 0 aliphatic carbocycles. The van der Waals surface area contributed by atoms with Crippen LogP contribution in [0.15, 0.2) is 24.3 Å². The molecule has 1 amide bonds. The van der Waals surface area contributed by atoms with Crippen molar-refractivity contribution in [3.63, 3.8) is 0 Å². The van der Waals surface area contributed by atoms with Crippen molar-refractivity contribution in [2.75, 3.05) is 13.7 Å². The zero-order valence-electron chi connectivity index (χ0n) is 9.83. The third kappa shape index (κ3) is 4.49. The maximum atomic E-state index is 11.3. The van der Waals surface area contributed by atoms with Gasteiger partial charge in [-0.05, 0) is 25.1 Å². The number of methoxy groups -OCH3 is 1. The van der Waals surface area contributed by atoms with Gasteiger partial charge in [0.25, 0.3) is 5.91 Å². The molecule has 3 heteroatoms. The van der Waals surface area contributed by atoms with Crippen molar-refractivity contribution in [1.29, 1.82) is 0 Å². The molecule has 3 nitrogen and oxygen atoms in total. The maximum absolute atomic E-state index is 11.3. The van der Waals surface area contributed by atoms with Crippen molar-refractivity contribution in [2.45, 2.75) is 20.8 Å². The third-order valence-electron chi connectivity index (χ3n) is 1.67. The van der Waals surface area contributed by atoms with E-state index in [0.29, 0.717) is 17.9 Å². The van der Waals surface area contributed by atoms with Gasteiger partial charge in [0.2, 0.25) is 0 Å². The maximum Gasteiger partial charge on any atom is 0.251 e. The lowest BCUT2D eigenvalue weighted by Gasteiger charge is -2.03. The molecule has 0 aliphatic heterocycles. The van der Waals surface area contributed by atoms with Gasteiger partial charge in [-0.3, -0.25) is 4.79 Å². The largest absolute Gasteiger partial charge is 0.497 e. The molecular formula is C12H21NO2. The summed E-state index contributed by atoms with van der Waals surface area (Å²) in [6.45, 7) is 6.52. The second kappa shape index (κ2) is 7.85. The van der Waals surface area contributed by atoms with Crippen molar-refractivity contribution < 1.29 is 11.0 Å². The first kappa shape index (κ1) is 13.5. The Hall–Kier alpha value is -1.51. The van der Waals surface area contributed by atoms with Crippen LogP contribution < -0.4 is 10.1 Å². The van der Waals surface area contributed by atoms with Crippen LogP contribution in [0.25, 0.3) is 0 Å². The number of carbonyl (C=O) groups excluding carboxylic acids is 1. The van der Waals surface area contributed by atoms with Crippen molar-refractivity contribution >= 4 is 5.91 Å². The molecule has 0 radical (unpaired) electrons. The van der Waals surface area contributed by atoms with E-state index in [9.17, 15) is 4.79 Å². The minimum Gasteiger partial charge on any atom is -0.497 e. The molecule has 86 valence electrons. The van der Waals surface area contributed by atoms with E-state index in [-0.39, 0.29) is 7.33 Å². The molecule has 1 aromatic carbocycles. The summed E-state index contributed by atoms with van der Waals surface area (Å²) in [7, 11) is 1.58. The average molecular weight is 211 g/mol. The van der Waals surface area contributed by atoms with Gasteiger partial charge in [-0.1, -0.05) is 19.9 Å². The molecule has 0 saturated heterocycles. The lowest BCUT2D eigenvalue weighted by molar-refractivity contribution is 0.0955. The van der Waals surface area contributed by atoms with E-state index in [2.05, 4.69) is 5.32 Å². The number of hydrogen-bond acceptors (Lipinski definition) is 2. The molecular weight excluding hydrogens is 190 g/mol. The zero-order valence-corrected chi connectivity index (χ0v) is 9.83. The van der Waals surface area contributed by atoms with Gasteiger partial charge in [0.1, 0.15) is 5.75 Å². The van der Waals surface area contributed by atoms with Crippen molar-refractivity contribution in [2.24, 2.45) is 0 Å². The molecule has 0 aromatic heterocycles. The Kier molecular flexibility index (Phi) is 7.06. The fourth-order valence-electron chi connectivity index (χ4n) is 1.03. The van der Waals surface area contributed by atoms with Crippen molar-refractivity contribution in [3.8, 4) is 5.75 Å². The van der Waals surface area contributed by atoms with Crippen LogP contribution >= 0.6 is 0 Å². The summed E-state index contributed by atoms with van der Waals surface area (Å²) in [6, 6.07) is 7.07. The highest BCUT2D eigenvalue weighted by molar-refractivity contribution is 5.94. The van der Waals surface area contributed by atoms with Gasteiger partial charge >= 0.3 is 0 Å². The van der Waals surface area contributed by atoms with Crippen LogP contribution in [0.4, 0.5) is 0 Å². The molecule has 15 heavy (non-hydrogen) atoms. The Bertz CT molecular complexity index is 303. The predicted octanol–water partition coefficient (Wildman–Crippen LogP) is 2.72. The molecule has 0 spiro atoms. The summed E-state index contributed by atoms with van der Waals surface area (Å²) < 4.78 is 5.00. The molecule has 0 bridgehead atoms. The standard InChI is InChI=1S/C10H13NO2.C2H6.H2/c1-3-11-10(12)8-5-4-6-9(7-8)13-2;1-2;/h4-7H,3H2,1-2H3,(H,11,12);1-2H3;1H. The Morgan fingerprint density at radius 2 is 2.13 bits per heavy atom. The van der Waals surface area contributed by atoms with E-state index in [0.717, 1.165) is 0 Å². The monoisotopic (exact) mass is 211 g/mol. The van der Waals surface area contributed by atoms with Gasteiger partial charge in [-0.2, -0.15) is 0 Å². The Balaban J connectivity index is 0. The van der Waals surface area contributed by atoms with E-state index < -0.39 is 0 Å². The first-order chi connectivity index (χ1) is 7.27. The number of nitrogens with one attached hydrogen (secondary N) is 1. The number of rotatable bonds is 3. The van der Waals surface area contributed by atoms with Crippen molar-refractivity contribution in [3.05, 3.63) is 29.8 Å². The van der Waals surface area contributed by atoms with Gasteiger partial charge in [-0.25, -0.2) is 0 Å². The number of amides is 1. The highest BCUT2D eigenvalue weighted by Crippen LogP contribution is 2.11. The smallest absolute Gasteiger partial charge is 0.251 e. The van der Waals surface area contributed by atoms with E-state index in [1.165, 1.54) is 0 Å². The first-order valence-electron chi connectivity index (χ1n) is 5.20. The number of ether oxygens (including phenoxy) is 1. The summed E-state index contributed by atoms with van der Waals surface area (Å²) >= 11 is 0. The minimum atomic E-state index is -0.0681. The van der Waals surface area contributed by atoms with Crippen LogP contribution in [-0.4, -0.2) is 19.6 Å². The normalized spacial score (nSPS) is 8.53. The summed E-state index contributed by atoms with van der Waals surface area (Å²) in [5.41, 5.74) is 0.626. The summed E-state index contributed by atoms with van der Waals surface area (Å²) in [5, 5.41) is 2.72. The fraction of sp³-hybridized carbons (Fsp3) is 0.417. The lowest BCUT2D eigenvalue weighted by Crippen LogP contribution is -2.22. The fourth-order valence-corrected chi connectivity index (χ4v) is 1.03. The van der Waals surface area contributed by atoms with Gasteiger partial charge in [0, 0.05) is 13.5 Å². The van der Waals surface area contributed by atoms with E-state index in [1.54, 1.807) is 25.3 Å². The van der Waals surface area contributed by atoms with Crippen LogP contribution in [0.1, 0.15) is 32.6 Å². The van der Waals surface area contributed by atoms with Crippen LogP contribution in [0.5, 0.6) is 5.75 Å². The molecule has 1 aromatic rings. The van der Waals surface area contributed by atoms with Crippen LogP contribution in [0.2, 0.25) is 0 Å². The number of carbonyl (C=O) groups is 1. The molecule has 0 heterocycles. The SMILES string of the molecule is CC.CCNC(=O)c1cccc(OC)c1.[HH]. The second-order valence-corrected chi connectivity index (χ2v) is 2.59.